The predicted octanol–water partition coefficient (Wildman–Crippen LogP) is 2.45. The molecule has 5 rings (SSSR count). The Bertz CT molecular complexity index is 1350. The first-order valence-corrected chi connectivity index (χ1v) is 10.9. The molecule has 1 fully saturated rings. The van der Waals surface area contributed by atoms with Crippen LogP contribution in [0.4, 0.5) is 5.95 Å². The Hall–Kier alpha value is -4.12. The number of pyridine rings is 1. The second-order valence-electron chi connectivity index (χ2n) is 8.43. The van der Waals surface area contributed by atoms with Gasteiger partial charge in [-0.25, -0.2) is 15.0 Å². The number of aliphatic hydroxyl groups is 1. The average molecular weight is 460 g/mol. The number of likely N-dealkylation sites (tertiary alicyclic amines) is 1. The van der Waals surface area contributed by atoms with Crippen molar-refractivity contribution >= 4 is 11.9 Å². The number of likely N-dealkylation sites (N-methyl/N-ethyl adjacent to an activating group) is 1. The Morgan fingerprint density at radius 1 is 1.18 bits per heavy atom. The van der Waals surface area contributed by atoms with E-state index in [0.29, 0.717) is 35.3 Å². The molecule has 3 N–H and O–H groups in total. The van der Waals surface area contributed by atoms with E-state index in [4.69, 9.17) is 4.52 Å². The molecule has 0 aliphatic carbocycles. The van der Waals surface area contributed by atoms with Gasteiger partial charge in [0.2, 0.25) is 11.5 Å². The third kappa shape index (κ3) is 3.90. The van der Waals surface area contributed by atoms with Gasteiger partial charge >= 0.3 is 0 Å². The van der Waals surface area contributed by atoms with E-state index in [-0.39, 0.29) is 18.2 Å². The molecule has 34 heavy (non-hydrogen) atoms. The highest BCUT2D eigenvalue weighted by Crippen LogP contribution is 2.34. The lowest BCUT2D eigenvalue weighted by molar-refractivity contribution is -0.144. The first-order valence-electron chi connectivity index (χ1n) is 10.9. The lowest BCUT2D eigenvalue weighted by atomic mass is 9.98. The van der Waals surface area contributed by atoms with Crippen LogP contribution in [0.5, 0.6) is 0 Å². The Labute approximate surface area is 195 Å². The Kier molecular flexibility index (Phi) is 5.33. The van der Waals surface area contributed by atoms with Crippen LogP contribution < -0.4 is 5.32 Å². The van der Waals surface area contributed by atoms with E-state index in [9.17, 15) is 9.90 Å². The van der Waals surface area contributed by atoms with Gasteiger partial charge in [0.15, 0.2) is 5.76 Å². The molecule has 11 heteroatoms. The van der Waals surface area contributed by atoms with Crippen molar-refractivity contribution in [2.75, 3.05) is 18.9 Å². The van der Waals surface area contributed by atoms with Crippen LogP contribution >= 0.6 is 0 Å². The van der Waals surface area contributed by atoms with Crippen molar-refractivity contribution in [2.45, 2.75) is 31.9 Å². The lowest BCUT2D eigenvalue weighted by Gasteiger charge is -2.16. The normalized spacial score (nSPS) is 18.9. The number of H-pyrrole nitrogens is 1. The second-order valence-corrected chi connectivity index (χ2v) is 8.43. The quantitative estimate of drug-likeness (QED) is 0.395. The summed E-state index contributed by atoms with van der Waals surface area (Å²) in [5.41, 5.74) is 2.33. The van der Waals surface area contributed by atoms with Crippen LogP contribution in [-0.2, 0) is 10.4 Å². The summed E-state index contributed by atoms with van der Waals surface area (Å²) in [4.78, 5) is 27.4. The number of rotatable bonds is 6. The van der Waals surface area contributed by atoms with E-state index in [0.717, 1.165) is 11.4 Å². The molecule has 1 saturated heterocycles. The topological polar surface area (TPSA) is 146 Å². The van der Waals surface area contributed by atoms with Crippen molar-refractivity contribution in [1.82, 2.24) is 35.2 Å². The van der Waals surface area contributed by atoms with Crippen LogP contribution in [-0.4, -0.2) is 59.8 Å². The maximum absolute atomic E-state index is 12.4. The number of aromatic nitrogens is 6. The van der Waals surface area contributed by atoms with Gasteiger partial charge in [0, 0.05) is 38.0 Å². The molecule has 0 aromatic carbocycles. The van der Waals surface area contributed by atoms with Gasteiger partial charge in [-0.15, -0.1) is 0 Å². The molecule has 0 saturated carbocycles. The first kappa shape index (κ1) is 21.7. The standard InChI is InChI=1S/C23H24N8O3/c1-13-11-18(29-28-13)14(2)25-22-24-9-7-17(27-22)15-5-4-6-16(26-15)19-12-20(34-30-19)23(33)8-10-31(3)21(23)32/h4-7,9,11-12,14,33H,8,10H2,1-3H3,(H,28,29)(H,24,25,27)/t14?,23-/m1/s1. The van der Waals surface area contributed by atoms with Gasteiger partial charge < -0.3 is 19.8 Å². The van der Waals surface area contributed by atoms with E-state index < -0.39 is 11.5 Å². The van der Waals surface area contributed by atoms with E-state index in [1.54, 1.807) is 31.4 Å². The van der Waals surface area contributed by atoms with E-state index in [1.807, 2.05) is 32.0 Å². The molecule has 2 atom stereocenters. The molecule has 1 aliphatic rings. The maximum atomic E-state index is 12.4. The minimum Gasteiger partial charge on any atom is -0.373 e. The van der Waals surface area contributed by atoms with Gasteiger partial charge in [-0.3, -0.25) is 9.89 Å². The summed E-state index contributed by atoms with van der Waals surface area (Å²) >= 11 is 0. The number of hydrogen-bond acceptors (Lipinski definition) is 9. The molecule has 4 aromatic rings. The molecule has 11 nitrogen and oxygen atoms in total. The van der Waals surface area contributed by atoms with Crippen molar-refractivity contribution in [3.8, 4) is 22.8 Å². The molecular weight excluding hydrogens is 436 g/mol. The van der Waals surface area contributed by atoms with Crippen LogP contribution in [0.2, 0.25) is 0 Å². The van der Waals surface area contributed by atoms with Gasteiger partial charge in [-0.2, -0.15) is 5.10 Å². The predicted molar refractivity (Wildman–Crippen MR) is 122 cm³/mol. The molecule has 0 bridgehead atoms. The number of carbonyl (C=O) groups is 1. The highest BCUT2D eigenvalue weighted by atomic mass is 16.5. The molecule has 0 spiro atoms. The van der Waals surface area contributed by atoms with Crippen LogP contribution in [0.25, 0.3) is 22.8 Å². The van der Waals surface area contributed by atoms with Crippen LogP contribution in [0.1, 0.15) is 36.5 Å². The number of aryl methyl sites for hydroxylation is 1. The molecule has 1 aliphatic heterocycles. The highest BCUT2D eigenvalue weighted by molar-refractivity contribution is 5.87. The number of anilines is 1. The number of aromatic amines is 1. The van der Waals surface area contributed by atoms with E-state index >= 15 is 0 Å². The molecule has 0 radical (unpaired) electrons. The Morgan fingerprint density at radius 3 is 2.65 bits per heavy atom. The summed E-state index contributed by atoms with van der Waals surface area (Å²) < 4.78 is 5.35. The van der Waals surface area contributed by atoms with Crippen molar-refractivity contribution in [3.05, 3.63) is 59.7 Å². The Morgan fingerprint density at radius 2 is 1.94 bits per heavy atom. The molecule has 5 heterocycles. The van der Waals surface area contributed by atoms with Gasteiger partial charge in [-0.05, 0) is 38.1 Å². The summed E-state index contributed by atoms with van der Waals surface area (Å²) in [5, 5.41) is 25.3. The number of nitrogens with zero attached hydrogens (tertiary/aromatic N) is 6. The van der Waals surface area contributed by atoms with Gasteiger partial charge in [0.05, 0.1) is 28.8 Å². The van der Waals surface area contributed by atoms with Crippen LogP contribution in [0.15, 0.2) is 47.1 Å². The van der Waals surface area contributed by atoms with Crippen LogP contribution in [0, 0.1) is 6.92 Å². The summed E-state index contributed by atoms with van der Waals surface area (Å²) in [7, 11) is 1.64. The fourth-order valence-corrected chi connectivity index (χ4v) is 3.89. The summed E-state index contributed by atoms with van der Waals surface area (Å²) in [6.07, 6.45) is 1.91. The number of amides is 1. The molecular formula is C23H24N8O3. The molecule has 174 valence electrons. The van der Waals surface area contributed by atoms with Gasteiger partial charge in [0.25, 0.3) is 5.91 Å². The van der Waals surface area contributed by atoms with Crippen LogP contribution in [0.3, 0.4) is 0 Å². The van der Waals surface area contributed by atoms with E-state index in [2.05, 4.69) is 35.6 Å². The zero-order valence-electron chi connectivity index (χ0n) is 19.0. The minimum absolute atomic E-state index is 0.0869. The monoisotopic (exact) mass is 460 g/mol. The zero-order valence-corrected chi connectivity index (χ0v) is 19.0. The van der Waals surface area contributed by atoms with Gasteiger partial charge in [-0.1, -0.05) is 11.2 Å². The van der Waals surface area contributed by atoms with Crippen molar-refractivity contribution in [1.29, 1.82) is 0 Å². The van der Waals surface area contributed by atoms with Gasteiger partial charge in [0.1, 0.15) is 5.69 Å². The highest BCUT2D eigenvalue weighted by Gasteiger charge is 2.48. The first-order chi connectivity index (χ1) is 16.3. The average Bonchev–Trinajstić information content (AvgIpc) is 3.57. The largest absolute Gasteiger partial charge is 0.373 e. The fourth-order valence-electron chi connectivity index (χ4n) is 3.89. The Balaban J connectivity index is 1.38. The third-order valence-corrected chi connectivity index (χ3v) is 5.87. The summed E-state index contributed by atoms with van der Waals surface area (Å²) in [5.74, 6) is 0.157. The number of nitrogens with one attached hydrogen (secondary N) is 2. The molecule has 1 unspecified atom stereocenters. The van der Waals surface area contributed by atoms with E-state index in [1.165, 1.54) is 4.90 Å². The number of carbonyl (C=O) groups excluding carboxylic acids is 1. The lowest BCUT2D eigenvalue weighted by Crippen LogP contribution is -2.35. The summed E-state index contributed by atoms with van der Waals surface area (Å²) in [6, 6.07) is 10.6. The smallest absolute Gasteiger partial charge is 0.262 e. The third-order valence-electron chi connectivity index (χ3n) is 5.87. The molecule has 1 amide bonds. The zero-order chi connectivity index (χ0) is 23.9. The summed E-state index contributed by atoms with van der Waals surface area (Å²) in [6.45, 7) is 4.37. The molecule has 4 aromatic heterocycles. The number of hydrogen-bond donors (Lipinski definition) is 3. The van der Waals surface area contributed by atoms with Crippen molar-refractivity contribution in [3.63, 3.8) is 0 Å². The SMILES string of the molecule is Cc1cc(C(C)Nc2nccc(-c3cccc(-c4cc([C@]5(O)CCN(C)C5=O)on4)n3)n2)n[nH]1. The minimum atomic E-state index is -1.70. The van der Waals surface area contributed by atoms with Crippen molar-refractivity contribution in [2.24, 2.45) is 0 Å². The second kappa shape index (κ2) is 8.34. The van der Waals surface area contributed by atoms with Crippen molar-refractivity contribution < 1.29 is 14.4 Å². The maximum Gasteiger partial charge on any atom is 0.262 e. The fraction of sp³-hybridized carbons (Fsp3) is 0.304.